The Labute approximate surface area is 124 Å². The molecule has 0 amide bonds. The summed E-state index contributed by atoms with van der Waals surface area (Å²) in [5, 5.41) is 9.03. The molecule has 0 spiro atoms. The Bertz CT molecular complexity index is 497. The number of rotatable bonds is 7. The van der Waals surface area contributed by atoms with Crippen molar-refractivity contribution in [3.63, 3.8) is 0 Å². The molecule has 5 heteroatoms. The smallest absolute Gasteiger partial charge is 0.328 e. The van der Waals surface area contributed by atoms with Crippen molar-refractivity contribution in [2.75, 3.05) is 7.11 Å². The van der Waals surface area contributed by atoms with Crippen molar-refractivity contribution in [1.29, 1.82) is 0 Å². The fourth-order valence-electron chi connectivity index (χ4n) is 1.78. The highest BCUT2D eigenvalue weighted by Crippen LogP contribution is 2.37. The van der Waals surface area contributed by atoms with Crippen LogP contribution in [0.4, 0.5) is 0 Å². The van der Waals surface area contributed by atoms with E-state index >= 15 is 0 Å². The number of aliphatic carboxylic acids is 1. The largest absolute Gasteiger partial charge is 0.493 e. The number of hydrogen-bond donors (Lipinski definition) is 1. The number of methoxy groups -OCH3 is 1. The van der Waals surface area contributed by atoms with Gasteiger partial charge in [0, 0.05) is 6.08 Å². The maximum absolute atomic E-state index is 10.5. The van der Waals surface area contributed by atoms with Gasteiger partial charge >= 0.3 is 5.97 Å². The lowest BCUT2D eigenvalue weighted by Gasteiger charge is -2.18. The zero-order valence-corrected chi connectivity index (χ0v) is 12.6. The molecule has 0 radical (unpaired) electrons. The van der Waals surface area contributed by atoms with Crippen LogP contribution >= 0.6 is 11.6 Å². The van der Waals surface area contributed by atoms with Gasteiger partial charge in [-0.05, 0) is 37.1 Å². The molecule has 0 aliphatic carbocycles. The van der Waals surface area contributed by atoms with Gasteiger partial charge in [0.2, 0.25) is 0 Å². The van der Waals surface area contributed by atoms with Crippen molar-refractivity contribution in [1.82, 2.24) is 0 Å². The molecule has 1 aromatic carbocycles. The number of benzene rings is 1. The third-order valence-corrected chi connectivity index (χ3v) is 2.97. The van der Waals surface area contributed by atoms with Crippen LogP contribution in [-0.2, 0) is 4.79 Å². The Morgan fingerprint density at radius 3 is 2.75 bits per heavy atom. The topological polar surface area (TPSA) is 55.8 Å². The first kappa shape index (κ1) is 16.4. The van der Waals surface area contributed by atoms with E-state index in [9.17, 15) is 4.79 Å². The Morgan fingerprint density at radius 2 is 2.20 bits per heavy atom. The molecule has 0 fully saturated rings. The number of ether oxygens (including phenoxy) is 2. The van der Waals surface area contributed by atoms with Crippen molar-refractivity contribution in [3.8, 4) is 11.5 Å². The second-order valence-electron chi connectivity index (χ2n) is 4.42. The van der Waals surface area contributed by atoms with Gasteiger partial charge in [0.15, 0.2) is 11.5 Å². The molecule has 0 saturated carbocycles. The molecular formula is C15H19ClO4. The summed E-state index contributed by atoms with van der Waals surface area (Å²) in [4.78, 5) is 10.5. The standard InChI is InChI=1S/C15H19ClO4/c1-4-5-10(2)20-15-12(16)8-11(6-7-14(17)18)9-13(15)19-3/h6-10H,4-5H2,1-3H3,(H,17,18)/b7-6+. The Morgan fingerprint density at radius 1 is 1.50 bits per heavy atom. The molecule has 1 rings (SSSR count). The zero-order chi connectivity index (χ0) is 15.1. The second kappa shape index (κ2) is 7.80. The summed E-state index contributed by atoms with van der Waals surface area (Å²) >= 11 is 6.19. The van der Waals surface area contributed by atoms with Gasteiger partial charge in [0.1, 0.15) is 0 Å². The van der Waals surface area contributed by atoms with Crippen LogP contribution in [0.3, 0.4) is 0 Å². The zero-order valence-electron chi connectivity index (χ0n) is 11.9. The van der Waals surface area contributed by atoms with Crippen molar-refractivity contribution in [3.05, 3.63) is 28.8 Å². The van der Waals surface area contributed by atoms with Crippen molar-refractivity contribution in [2.24, 2.45) is 0 Å². The number of carbonyl (C=O) groups is 1. The van der Waals surface area contributed by atoms with Gasteiger partial charge in [-0.3, -0.25) is 0 Å². The molecule has 0 bridgehead atoms. The predicted octanol–water partition coefficient (Wildman–Crippen LogP) is 4.01. The van der Waals surface area contributed by atoms with Crippen molar-refractivity contribution < 1.29 is 19.4 Å². The van der Waals surface area contributed by atoms with E-state index < -0.39 is 5.97 Å². The van der Waals surface area contributed by atoms with Gasteiger partial charge in [-0.2, -0.15) is 0 Å². The van der Waals surface area contributed by atoms with E-state index in [1.165, 1.54) is 13.2 Å². The lowest BCUT2D eigenvalue weighted by molar-refractivity contribution is -0.131. The summed E-state index contributed by atoms with van der Waals surface area (Å²) in [6.45, 7) is 4.05. The minimum Gasteiger partial charge on any atom is -0.493 e. The fourth-order valence-corrected chi connectivity index (χ4v) is 2.05. The van der Waals surface area contributed by atoms with E-state index in [-0.39, 0.29) is 6.10 Å². The van der Waals surface area contributed by atoms with Gasteiger partial charge < -0.3 is 14.6 Å². The monoisotopic (exact) mass is 298 g/mol. The highest BCUT2D eigenvalue weighted by atomic mass is 35.5. The van der Waals surface area contributed by atoms with Gasteiger partial charge in [0.25, 0.3) is 0 Å². The summed E-state index contributed by atoms with van der Waals surface area (Å²) in [5.41, 5.74) is 0.643. The van der Waals surface area contributed by atoms with E-state index in [0.29, 0.717) is 22.1 Å². The van der Waals surface area contributed by atoms with Crippen LogP contribution in [0, 0.1) is 0 Å². The molecule has 1 N–H and O–H groups in total. The molecule has 0 aliphatic rings. The SMILES string of the molecule is CCCC(C)Oc1c(Cl)cc(/C=C/C(=O)O)cc1OC. The molecule has 20 heavy (non-hydrogen) atoms. The molecule has 0 heterocycles. The van der Waals surface area contributed by atoms with Crippen molar-refractivity contribution in [2.45, 2.75) is 32.8 Å². The highest BCUT2D eigenvalue weighted by molar-refractivity contribution is 6.32. The highest BCUT2D eigenvalue weighted by Gasteiger charge is 2.14. The third-order valence-electron chi connectivity index (χ3n) is 2.68. The van der Waals surface area contributed by atoms with Crippen LogP contribution in [0.1, 0.15) is 32.3 Å². The van der Waals surface area contributed by atoms with Crippen LogP contribution < -0.4 is 9.47 Å². The molecule has 1 aromatic rings. The molecule has 0 aromatic heterocycles. The molecular weight excluding hydrogens is 280 g/mol. The van der Waals surface area contributed by atoms with E-state index in [1.54, 1.807) is 12.1 Å². The fraction of sp³-hybridized carbons (Fsp3) is 0.400. The molecule has 0 aliphatic heterocycles. The predicted molar refractivity (Wildman–Crippen MR) is 79.7 cm³/mol. The van der Waals surface area contributed by atoms with Crippen LogP contribution in [0.2, 0.25) is 5.02 Å². The maximum atomic E-state index is 10.5. The minimum atomic E-state index is -1.02. The minimum absolute atomic E-state index is 0.0341. The van der Waals surface area contributed by atoms with E-state index in [0.717, 1.165) is 18.9 Å². The summed E-state index contributed by atoms with van der Waals surface area (Å²) in [6.07, 6.45) is 4.47. The molecule has 1 atom stereocenters. The van der Waals surface area contributed by atoms with Crippen LogP contribution in [-0.4, -0.2) is 24.3 Å². The summed E-state index contributed by atoms with van der Waals surface area (Å²) in [5.74, 6) is -0.0370. The van der Waals surface area contributed by atoms with Gasteiger partial charge in [-0.25, -0.2) is 4.79 Å². The maximum Gasteiger partial charge on any atom is 0.328 e. The Kier molecular flexibility index (Phi) is 6.39. The number of carboxylic acids is 1. The molecule has 110 valence electrons. The van der Waals surface area contributed by atoms with Crippen LogP contribution in [0.5, 0.6) is 11.5 Å². The van der Waals surface area contributed by atoms with Gasteiger partial charge in [-0.1, -0.05) is 24.9 Å². The van der Waals surface area contributed by atoms with Crippen LogP contribution in [0.25, 0.3) is 6.08 Å². The average molecular weight is 299 g/mol. The Hall–Kier alpha value is -1.68. The molecule has 1 unspecified atom stereocenters. The van der Waals surface area contributed by atoms with Crippen LogP contribution in [0.15, 0.2) is 18.2 Å². The second-order valence-corrected chi connectivity index (χ2v) is 4.83. The number of hydrogen-bond acceptors (Lipinski definition) is 3. The van der Waals surface area contributed by atoms with E-state index in [4.69, 9.17) is 26.2 Å². The molecule has 0 saturated heterocycles. The quantitative estimate of drug-likeness (QED) is 0.773. The van der Waals surface area contributed by atoms with Gasteiger partial charge in [-0.15, -0.1) is 0 Å². The van der Waals surface area contributed by atoms with Gasteiger partial charge in [0.05, 0.1) is 18.2 Å². The first-order chi connectivity index (χ1) is 9.47. The third kappa shape index (κ3) is 4.78. The summed E-state index contributed by atoms with van der Waals surface area (Å²) < 4.78 is 11.1. The summed E-state index contributed by atoms with van der Waals surface area (Å²) in [7, 11) is 1.52. The van der Waals surface area contributed by atoms with E-state index in [1.807, 2.05) is 6.92 Å². The lowest BCUT2D eigenvalue weighted by Crippen LogP contribution is -2.12. The molecule has 4 nitrogen and oxygen atoms in total. The average Bonchev–Trinajstić information content (AvgIpc) is 2.39. The number of halogens is 1. The first-order valence-electron chi connectivity index (χ1n) is 6.43. The van der Waals surface area contributed by atoms with Crippen molar-refractivity contribution >= 4 is 23.6 Å². The summed E-state index contributed by atoms with van der Waals surface area (Å²) in [6, 6.07) is 3.34. The van der Waals surface area contributed by atoms with E-state index in [2.05, 4.69) is 6.92 Å². The Balaban J connectivity index is 3.04. The number of carboxylic acid groups (broad SMARTS) is 1. The normalized spacial score (nSPS) is 12.4. The lowest BCUT2D eigenvalue weighted by atomic mass is 10.1. The first-order valence-corrected chi connectivity index (χ1v) is 6.80.